The van der Waals surface area contributed by atoms with E-state index in [1.54, 1.807) is 18.9 Å². The lowest BCUT2D eigenvalue weighted by Crippen LogP contribution is -2.51. The third kappa shape index (κ3) is 3.02. The summed E-state index contributed by atoms with van der Waals surface area (Å²) in [5.74, 6) is 0.717. The smallest absolute Gasteiger partial charge is 0.242 e. The van der Waals surface area contributed by atoms with Crippen molar-refractivity contribution in [2.24, 2.45) is 5.73 Å². The zero-order chi connectivity index (χ0) is 14.8. The summed E-state index contributed by atoms with van der Waals surface area (Å²) in [5, 5.41) is 1.05. The van der Waals surface area contributed by atoms with E-state index in [4.69, 9.17) is 10.2 Å². The van der Waals surface area contributed by atoms with Crippen LogP contribution in [0.25, 0.3) is 11.0 Å². The molecule has 1 amide bonds. The predicted octanol–water partition coefficient (Wildman–Crippen LogP) is 2.91. The highest BCUT2D eigenvalue weighted by Crippen LogP contribution is 2.21. The van der Waals surface area contributed by atoms with Gasteiger partial charge in [-0.3, -0.25) is 4.79 Å². The second-order valence-corrected chi connectivity index (χ2v) is 5.58. The minimum Gasteiger partial charge on any atom is -0.459 e. The molecule has 108 valence electrons. The van der Waals surface area contributed by atoms with Gasteiger partial charge in [0.2, 0.25) is 5.91 Å². The molecule has 2 aromatic rings. The zero-order valence-electron chi connectivity index (χ0n) is 12.3. The van der Waals surface area contributed by atoms with Gasteiger partial charge < -0.3 is 15.1 Å². The van der Waals surface area contributed by atoms with Crippen molar-refractivity contribution in [3.63, 3.8) is 0 Å². The summed E-state index contributed by atoms with van der Waals surface area (Å²) in [6, 6.07) is 9.78. The average Bonchev–Trinajstić information content (AvgIpc) is 2.79. The molecule has 0 aliphatic carbocycles. The van der Waals surface area contributed by atoms with Crippen molar-refractivity contribution in [2.45, 2.75) is 38.8 Å². The number of para-hydroxylation sites is 1. The molecule has 0 aliphatic rings. The molecule has 1 aromatic carbocycles. The predicted molar refractivity (Wildman–Crippen MR) is 80.2 cm³/mol. The Labute approximate surface area is 119 Å². The molecule has 1 heterocycles. The van der Waals surface area contributed by atoms with Crippen molar-refractivity contribution in [2.75, 3.05) is 7.05 Å². The van der Waals surface area contributed by atoms with Gasteiger partial charge in [-0.15, -0.1) is 0 Å². The van der Waals surface area contributed by atoms with Crippen molar-refractivity contribution < 1.29 is 9.21 Å². The molecule has 0 saturated heterocycles. The summed E-state index contributed by atoms with van der Waals surface area (Å²) in [7, 11) is 1.76. The van der Waals surface area contributed by atoms with E-state index in [9.17, 15) is 4.79 Å². The van der Waals surface area contributed by atoms with Gasteiger partial charge in [-0.1, -0.05) is 31.5 Å². The Morgan fingerprint density at radius 2 is 2.10 bits per heavy atom. The van der Waals surface area contributed by atoms with Gasteiger partial charge in [-0.25, -0.2) is 0 Å². The number of likely N-dealkylation sites (N-methyl/N-ethyl adjacent to an activating group) is 1. The Morgan fingerprint density at radius 1 is 1.40 bits per heavy atom. The van der Waals surface area contributed by atoms with Crippen molar-refractivity contribution in [3.8, 4) is 0 Å². The first-order valence-electron chi connectivity index (χ1n) is 6.96. The van der Waals surface area contributed by atoms with Crippen LogP contribution in [0.4, 0.5) is 0 Å². The summed E-state index contributed by atoms with van der Waals surface area (Å²) >= 11 is 0. The van der Waals surface area contributed by atoms with Gasteiger partial charge in [-0.2, -0.15) is 0 Å². The number of fused-ring (bicyclic) bond motifs is 1. The van der Waals surface area contributed by atoms with Crippen LogP contribution in [0.15, 0.2) is 34.7 Å². The number of furan rings is 1. The van der Waals surface area contributed by atoms with Crippen LogP contribution < -0.4 is 5.73 Å². The van der Waals surface area contributed by atoms with E-state index >= 15 is 0 Å². The zero-order valence-corrected chi connectivity index (χ0v) is 12.3. The normalized spacial score (nSPS) is 14.2. The fourth-order valence-electron chi connectivity index (χ4n) is 2.48. The Kier molecular flexibility index (Phi) is 4.14. The monoisotopic (exact) mass is 274 g/mol. The Bertz CT molecular complexity index is 568. The van der Waals surface area contributed by atoms with E-state index in [2.05, 4.69) is 0 Å². The molecule has 4 nitrogen and oxygen atoms in total. The molecule has 20 heavy (non-hydrogen) atoms. The topological polar surface area (TPSA) is 59.5 Å². The number of nitrogens with two attached hydrogens (primary N) is 1. The van der Waals surface area contributed by atoms with Gasteiger partial charge in [-0.05, 0) is 25.5 Å². The molecule has 2 rings (SSSR count). The number of carbonyl (C=O) groups excluding carboxylic acids is 1. The van der Waals surface area contributed by atoms with Crippen LogP contribution in [0.5, 0.6) is 0 Å². The minimum atomic E-state index is -0.810. The maximum absolute atomic E-state index is 12.3. The van der Waals surface area contributed by atoms with Gasteiger partial charge in [0.1, 0.15) is 11.3 Å². The fraction of sp³-hybridized carbons (Fsp3) is 0.438. The molecule has 1 unspecified atom stereocenters. The quantitative estimate of drug-likeness (QED) is 0.912. The molecule has 4 heteroatoms. The number of hydrogen-bond donors (Lipinski definition) is 1. The third-order valence-electron chi connectivity index (χ3n) is 3.47. The van der Waals surface area contributed by atoms with Crippen LogP contribution in [0.2, 0.25) is 0 Å². The van der Waals surface area contributed by atoms with Crippen LogP contribution in [0, 0.1) is 0 Å². The van der Waals surface area contributed by atoms with Crippen LogP contribution in [0.1, 0.15) is 32.4 Å². The standard InChI is InChI=1S/C16H22N2O2/c1-4-9-16(2,17)15(19)18(3)11-13-10-12-7-5-6-8-14(12)20-13/h5-8,10H,4,9,11,17H2,1-3H3. The van der Waals surface area contributed by atoms with E-state index < -0.39 is 5.54 Å². The van der Waals surface area contributed by atoms with Gasteiger partial charge in [0.25, 0.3) is 0 Å². The van der Waals surface area contributed by atoms with Crippen molar-refractivity contribution >= 4 is 16.9 Å². The van der Waals surface area contributed by atoms with Gasteiger partial charge in [0, 0.05) is 12.4 Å². The first-order chi connectivity index (χ1) is 9.44. The van der Waals surface area contributed by atoms with E-state index in [-0.39, 0.29) is 5.91 Å². The summed E-state index contributed by atoms with van der Waals surface area (Å²) in [6.07, 6.45) is 1.56. The largest absolute Gasteiger partial charge is 0.459 e. The minimum absolute atomic E-state index is 0.0557. The van der Waals surface area contributed by atoms with E-state index in [1.807, 2.05) is 37.3 Å². The first-order valence-corrected chi connectivity index (χ1v) is 6.96. The lowest BCUT2D eigenvalue weighted by Gasteiger charge is -2.28. The Balaban J connectivity index is 2.11. The first kappa shape index (κ1) is 14.6. The van der Waals surface area contributed by atoms with Crippen LogP contribution in [-0.4, -0.2) is 23.4 Å². The third-order valence-corrected chi connectivity index (χ3v) is 3.47. The van der Waals surface area contributed by atoms with E-state index in [0.29, 0.717) is 13.0 Å². The average molecular weight is 274 g/mol. The number of hydrogen-bond acceptors (Lipinski definition) is 3. The van der Waals surface area contributed by atoms with Crippen LogP contribution >= 0.6 is 0 Å². The summed E-state index contributed by atoms with van der Waals surface area (Å²) in [5.41, 5.74) is 6.11. The summed E-state index contributed by atoms with van der Waals surface area (Å²) < 4.78 is 5.73. The summed E-state index contributed by atoms with van der Waals surface area (Å²) in [6.45, 7) is 4.25. The number of carbonyl (C=O) groups is 1. The molecule has 0 saturated carbocycles. The molecule has 0 bridgehead atoms. The molecule has 1 atom stereocenters. The van der Waals surface area contributed by atoms with Gasteiger partial charge in [0.05, 0.1) is 12.1 Å². The molecule has 0 aliphatic heterocycles. The molecule has 2 N–H and O–H groups in total. The van der Waals surface area contributed by atoms with Crippen molar-refractivity contribution in [3.05, 3.63) is 36.1 Å². The van der Waals surface area contributed by atoms with Gasteiger partial charge >= 0.3 is 0 Å². The molecule has 0 radical (unpaired) electrons. The van der Waals surface area contributed by atoms with Gasteiger partial charge in [0.15, 0.2) is 0 Å². The number of amides is 1. The number of rotatable bonds is 5. The highest BCUT2D eigenvalue weighted by Gasteiger charge is 2.30. The second kappa shape index (κ2) is 5.67. The molecular formula is C16H22N2O2. The summed E-state index contributed by atoms with van der Waals surface area (Å²) in [4.78, 5) is 14.0. The van der Waals surface area contributed by atoms with Crippen LogP contribution in [0.3, 0.4) is 0 Å². The molecule has 1 aromatic heterocycles. The highest BCUT2D eigenvalue weighted by molar-refractivity contribution is 5.85. The Morgan fingerprint density at radius 3 is 2.75 bits per heavy atom. The number of benzene rings is 1. The maximum Gasteiger partial charge on any atom is 0.242 e. The number of nitrogens with zero attached hydrogens (tertiary/aromatic N) is 1. The molecule has 0 spiro atoms. The lowest BCUT2D eigenvalue weighted by molar-refractivity contribution is -0.136. The maximum atomic E-state index is 12.3. The molecule has 0 fully saturated rings. The Hall–Kier alpha value is -1.81. The second-order valence-electron chi connectivity index (χ2n) is 5.58. The van der Waals surface area contributed by atoms with Crippen molar-refractivity contribution in [1.82, 2.24) is 4.90 Å². The SMILES string of the molecule is CCCC(C)(N)C(=O)N(C)Cc1cc2ccccc2o1. The highest BCUT2D eigenvalue weighted by atomic mass is 16.3. The van der Waals surface area contributed by atoms with Crippen molar-refractivity contribution in [1.29, 1.82) is 0 Å². The van der Waals surface area contributed by atoms with E-state index in [0.717, 1.165) is 23.2 Å². The van der Waals surface area contributed by atoms with Crippen LogP contribution in [-0.2, 0) is 11.3 Å². The lowest BCUT2D eigenvalue weighted by atomic mass is 9.96. The fourth-order valence-corrected chi connectivity index (χ4v) is 2.48. The molecular weight excluding hydrogens is 252 g/mol. The van der Waals surface area contributed by atoms with E-state index in [1.165, 1.54) is 0 Å².